The number of hydrogen-bond donors (Lipinski definition) is 1. The van der Waals surface area contributed by atoms with Gasteiger partial charge < -0.3 is 24.1 Å². The zero-order chi connectivity index (χ0) is 19.3. The molecule has 0 bridgehead atoms. The normalized spacial score (nSPS) is 31.7. The Bertz CT molecular complexity index is 486. The summed E-state index contributed by atoms with van der Waals surface area (Å²) in [6.07, 6.45) is 4.16. The van der Waals surface area contributed by atoms with Gasteiger partial charge in [-0.2, -0.15) is 0 Å². The van der Waals surface area contributed by atoms with Crippen LogP contribution in [0.4, 0.5) is 0 Å². The van der Waals surface area contributed by atoms with E-state index in [0.717, 1.165) is 6.42 Å². The molecular formula is C19H32O6. The van der Waals surface area contributed by atoms with Crippen LogP contribution in [0.25, 0.3) is 0 Å². The van der Waals surface area contributed by atoms with Crippen LogP contribution in [0, 0.1) is 17.3 Å². The quantitative estimate of drug-likeness (QED) is 0.409. The molecule has 0 aromatic rings. The molecule has 1 rings (SSSR count). The van der Waals surface area contributed by atoms with E-state index in [4.69, 9.17) is 9.47 Å². The maximum atomic E-state index is 11.2. The van der Waals surface area contributed by atoms with Crippen molar-refractivity contribution in [2.45, 2.75) is 65.0 Å². The third kappa shape index (κ3) is 4.49. The minimum atomic E-state index is -1.03. The molecule has 1 aliphatic heterocycles. The molecule has 6 heteroatoms. The van der Waals surface area contributed by atoms with Gasteiger partial charge in [0.1, 0.15) is 6.29 Å². The van der Waals surface area contributed by atoms with Crippen molar-refractivity contribution in [3.63, 3.8) is 0 Å². The summed E-state index contributed by atoms with van der Waals surface area (Å²) in [5.41, 5.74) is -0.791. The number of methoxy groups -OCH3 is 2. The fourth-order valence-electron chi connectivity index (χ4n) is 3.78. The Morgan fingerprint density at radius 3 is 2.56 bits per heavy atom. The zero-order valence-electron chi connectivity index (χ0n) is 16.2. The van der Waals surface area contributed by atoms with Crippen LogP contribution in [-0.2, 0) is 23.8 Å². The van der Waals surface area contributed by atoms with E-state index in [9.17, 15) is 14.7 Å². The topological polar surface area (TPSA) is 82.1 Å². The first-order valence-electron chi connectivity index (χ1n) is 8.75. The molecule has 1 N–H and O–H groups in total. The molecule has 0 aromatic heterocycles. The predicted molar refractivity (Wildman–Crippen MR) is 93.8 cm³/mol. The molecule has 0 aromatic carbocycles. The Kier molecular flexibility index (Phi) is 7.78. The standard InChI is InChI=1S/C19H32O6/c1-13-12-15(8-7-9-17(22)23-5)25-19(24-6,14(13)2)18(3,4)16(21)10-11-20/h7,9,11,13-16,21H,8,10,12H2,1-6H3/b9-7+/t13-,14-,15+,16+,19+/m1/s1. The molecule has 0 spiro atoms. The lowest BCUT2D eigenvalue weighted by atomic mass is 9.66. The largest absolute Gasteiger partial charge is 0.466 e. The number of aliphatic hydroxyl groups is 1. The fraction of sp³-hybridized carbons (Fsp3) is 0.789. The number of aliphatic hydroxyl groups excluding tert-OH is 1. The second-order valence-electron chi connectivity index (χ2n) is 7.41. The molecule has 0 unspecified atom stereocenters. The molecule has 144 valence electrons. The van der Waals surface area contributed by atoms with E-state index in [1.165, 1.54) is 13.2 Å². The van der Waals surface area contributed by atoms with Gasteiger partial charge in [0.25, 0.3) is 0 Å². The van der Waals surface area contributed by atoms with Gasteiger partial charge in [-0.25, -0.2) is 4.79 Å². The van der Waals surface area contributed by atoms with Crippen molar-refractivity contribution in [1.29, 1.82) is 0 Å². The van der Waals surface area contributed by atoms with Crippen LogP contribution < -0.4 is 0 Å². The minimum absolute atomic E-state index is 0.0228. The molecular weight excluding hydrogens is 324 g/mol. The summed E-state index contributed by atoms with van der Waals surface area (Å²) in [5, 5.41) is 10.5. The Labute approximate surface area is 150 Å². The van der Waals surface area contributed by atoms with Crippen molar-refractivity contribution in [2.24, 2.45) is 17.3 Å². The first-order valence-corrected chi connectivity index (χ1v) is 8.75. The first-order chi connectivity index (χ1) is 11.7. The molecule has 1 aliphatic rings. The average molecular weight is 356 g/mol. The highest BCUT2D eigenvalue weighted by Gasteiger charge is 2.58. The van der Waals surface area contributed by atoms with E-state index in [2.05, 4.69) is 11.7 Å². The Morgan fingerprint density at radius 1 is 1.40 bits per heavy atom. The maximum absolute atomic E-state index is 11.2. The molecule has 6 nitrogen and oxygen atoms in total. The van der Waals surface area contributed by atoms with Crippen molar-refractivity contribution in [3.8, 4) is 0 Å². The zero-order valence-corrected chi connectivity index (χ0v) is 16.2. The molecule has 5 atom stereocenters. The molecule has 1 saturated heterocycles. The summed E-state index contributed by atoms with van der Waals surface area (Å²) in [5.74, 6) is -1.13. The predicted octanol–water partition coefficient (Wildman–Crippen LogP) is 2.49. The van der Waals surface area contributed by atoms with Crippen molar-refractivity contribution < 1.29 is 28.9 Å². The third-order valence-electron chi connectivity index (χ3n) is 5.64. The summed E-state index contributed by atoms with van der Waals surface area (Å²) in [7, 11) is 2.91. The second kappa shape index (κ2) is 8.92. The van der Waals surface area contributed by atoms with Crippen LogP contribution in [0.3, 0.4) is 0 Å². The second-order valence-corrected chi connectivity index (χ2v) is 7.41. The van der Waals surface area contributed by atoms with E-state index in [-0.39, 0.29) is 24.4 Å². The highest BCUT2D eigenvalue weighted by molar-refractivity contribution is 5.81. The van der Waals surface area contributed by atoms with E-state index in [1.54, 1.807) is 13.2 Å². The molecule has 1 fully saturated rings. The summed E-state index contributed by atoms with van der Waals surface area (Å²) >= 11 is 0. The van der Waals surface area contributed by atoms with Crippen LogP contribution >= 0.6 is 0 Å². The van der Waals surface area contributed by atoms with Gasteiger partial charge in [0, 0.05) is 30.9 Å². The molecule has 0 amide bonds. The lowest BCUT2D eigenvalue weighted by Gasteiger charge is -2.56. The van der Waals surface area contributed by atoms with E-state index < -0.39 is 23.3 Å². The SMILES string of the molecule is COC(=O)/C=C/C[C@H]1C[C@@H](C)[C@@H](C)[C@@](OC)(C(C)(C)[C@@H](O)CC=O)O1. The van der Waals surface area contributed by atoms with E-state index >= 15 is 0 Å². The van der Waals surface area contributed by atoms with Gasteiger partial charge in [0.05, 0.1) is 19.3 Å². The third-order valence-corrected chi connectivity index (χ3v) is 5.64. The monoisotopic (exact) mass is 356 g/mol. The molecule has 0 saturated carbocycles. The van der Waals surface area contributed by atoms with Gasteiger partial charge >= 0.3 is 5.97 Å². The van der Waals surface area contributed by atoms with Crippen molar-refractivity contribution >= 4 is 12.3 Å². The number of ether oxygens (including phenoxy) is 3. The number of carbonyl (C=O) groups excluding carboxylic acids is 2. The van der Waals surface area contributed by atoms with E-state index in [1.807, 2.05) is 20.8 Å². The molecule has 1 heterocycles. The highest BCUT2D eigenvalue weighted by Crippen LogP contribution is 2.51. The molecule has 0 radical (unpaired) electrons. The molecule has 25 heavy (non-hydrogen) atoms. The maximum Gasteiger partial charge on any atom is 0.330 e. The first kappa shape index (κ1) is 21.8. The fourth-order valence-corrected chi connectivity index (χ4v) is 3.78. The summed E-state index contributed by atoms with van der Waals surface area (Å²) < 4.78 is 16.8. The Hall–Kier alpha value is -1.24. The van der Waals surface area contributed by atoms with Gasteiger partial charge in [-0.3, -0.25) is 0 Å². The van der Waals surface area contributed by atoms with Crippen LogP contribution in [0.15, 0.2) is 12.2 Å². The summed E-state index contributed by atoms with van der Waals surface area (Å²) in [4.78, 5) is 22.1. The Balaban J connectivity index is 3.07. The average Bonchev–Trinajstić information content (AvgIpc) is 2.57. The van der Waals surface area contributed by atoms with Crippen LogP contribution in [-0.4, -0.2) is 49.6 Å². The number of hydrogen-bond acceptors (Lipinski definition) is 6. The summed E-state index contributed by atoms with van der Waals surface area (Å²) in [6.45, 7) is 7.89. The van der Waals surface area contributed by atoms with Gasteiger partial charge in [-0.15, -0.1) is 0 Å². The number of carbonyl (C=O) groups is 2. The number of esters is 1. The van der Waals surface area contributed by atoms with Crippen LogP contribution in [0.1, 0.15) is 47.0 Å². The smallest absolute Gasteiger partial charge is 0.330 e. The number of aldehydes is 1. The highest BCUT2D eigenvalue weighted by atomic mass is 16.7. The Morgan fingerprint density at radius 2 is 2.04 bits per heavy atom. The van der Waals surface area contributed by atoms with Gasteiger partial charge in [0.15, 0.2) is 5.79 Å². The number of rotatable bonds is 8. The van der Waals surface area contributed by atoms with Crippen molar-refractivity contribution in [3.05, 3.63) is 12.2 Å². The van der Waals surface area contributed by atoms with Crippen LogP contribution in [0.5, 0.6) is 0 Å². The minimum Gasteiger partial charge on any atom is -0.466 e. The lowest BCUT2D eigenvalue weighted by Crippen LogP contribution is -2.63. The van der Waals surface area contributed by atoms with Gasteiger partial charge in [0.2, 0.25) is 0 Å². The van der Waals surface area contributed by atoms with Crippen LogP contribution in [0.2, 0.25) is 0 Å². The lowest BCUT2D eigenvalue weighted by molar-refractivity contribution is -0.363. The van der Waals surface area contributed by atoms with Gasteiger partial charge in [-0.05, 0) is 18.8 Å². The van der Waals surface area contributed by atoms with Gasteiger partial charge in [-0.1, -0.05) is 33.8 Å². The van der Waals surface area contributed by atoms with E-state index in [0.29, 0.717) is 12.7 Å². The molecule has 0 aliphatic carbocycles. The van der Waals surface area contributed by atoms with Crippen molar-refractivity contribution in [2.75, 3.05) is 14.2 Å². The summed E-state index contributed by atoms with van der Waals surface area (Å²) in [6, 6.07) is 0. The van der Waals surface area contributed by atoms with Crippen molar-refractivity contribution in [1.82, 2.24) is 0 Å².